The van der Waals surface area contributed by atoms with Gasteiger partial charge in [-0.15, -0.1) is 0 Å². The number of fused-ring (bicyclic) bond motifs is 1. The lowest BCUT2D eigenvalue weighted by Gasteiger charge is -2.17. The Hall–Kier alpha value is -2.44. The van der Waals surface area contributed by atoms with Crippen molar-refractivity contribution in [2.45, 2.75) is 6.04 Å². The summed E-state index contributed by atoms with van der Waals surface area (Å²) in [4.78, 5) is 4.17. The van der Waals surface area contributed by atoms with Crippen LogP contribution < -0.4 is 17.0 Å². The van der Waals surface area contributed by atoms with Crippen LogP contribution in [-0.2, 0) is 0 Å². The van der Waals surface area contributed by atoms with Crippen LogP contribution in [-0.4, -0.2) is 15.2 Å². The molecule has 6 heteroatoms. The Balaban J connectivity index is 2.20. The summed E-state index contributed by atoms with van der Waals surface area (Å²) in [5.41, 5.74) is 10.5. The molecule has 96 valence electrons. The van der Waals surface area contributed by atoms with Gasteiger partial charge in [0.05, 0.1) is 12.2 Å². The number of benzene rings is 1. The first-order chi connectivity index (χ1) is 9.31. The van der Waals surface area contributed by atoms with Crippen LogP contribution in [0, 0.1) is 0 Å². The van der Waals surface area contributed by atoms with Crippen molar-refractivity contribution < 1.29 is 0 Å². The SMILES string of the molecule is NNC(c1cn[nH]c1N)c1cccc2ccncc12. The zero-order chi connectivity index (χ0) is 13.2. The molecule has 3 aromatic rings. The number of anilines is 1. The molecule has 0 radical (unpaired) electrons. The van der Waals surface area contributed by atoms with Gasteiger partial charge in [-0.2, -0.15) is 5.10 Å². The van der Waals surface area contributed by atoms with Crippen molar-refractivity contribution in [3.8, 4) is 0 Å². The summed E-state index contributed by atoms with van der Waals surface area (Å²) in [6, 6.07) is 7.75. The Bertz CT molecular complexity index is 700. The number of H-pyrrole nitrogens is 1. The molecule has 0 saturated heterocycles. The van der Waals surface area contributed by atoms with Gasteiger partial charge >= 0.3 is 0 Å². The number of aromatic amines is 1. The standard InChI is InChI=1S/C13H14N6/c14-13-11(7-17-19-13)12(18-15)9-3-1-2-8-4-5-16-6-10(8)9/h1-7,12,18H,15H2,(H3,14,17,19). The van der Waals surface area contributed by atoms with Crippen LogP contribution in [0.1, 0.15) is 17.2 Å². The number of hydrazine groups is 1. The summed E-state index contributed by atoms with van der Waals surface area (Å²) in [5, 5.41) is 8.79. The van der Waals surface area contributed by atoms with Gasteiger partial charge in [0.1, 0.15) is 5.82 Å². The molecule has 0 fully saturated rings. The molecule has 1 aromatic carbocycles. The molecular weight excluding hydrogens is 240 g/mol. The van der Waals surface area contributed by atoms with Crippen LogP contribution in [0.4, 0.5) is 5.82 Å². The summed E-state index contributed by atoms with van der Waals surface area (Å²) >= 11 is 0. The Morgan fingerprint density at radius 1 is 1.16 bits per heavy atom. The van der Waals surface area contributed by atoms with E-state index in [1.807, 2.05) is 30.5 Å². The number of pyridine rings is 1. The maximum absolute atomic E-state index is 5.87. The molecule has 19 heavy (non-hydrogen) atoms. The lowest BCUT2D eigenvalue weighted by atomic mass is 9.96. The van der Waals surface area contributed by atoms with E-state index >= 15 is 0 Å². The van der Waals surface area contributed by atoms with Crippen LogP contribution in [0.3, 0.4) is 0 Å². The first-order valence-electron chi connectivity index (χ1n) is 5.88. The van der Waals surface area contributed by atoms with E-state index in [-0.39, 0.29) is 6.04 Å². The van der Waals surface area contributed by atoms with Crippen molar-refractivity contribution >= 4 is 16.6 Å². The quantitative estimate of drug-likeness (QED) is 0.413. The maximum atomic E-state index is 5.87. The lowest BCUT2D eigenvalue weighted by molar-refractivity contribution is 0.642. The minimum absolute atomic E-state index is 0.230. The fourth-order valence-electron chi connectivity index (χ4n) is 2.27. The zero-order valence-corrected chi connectivity index (χ0v) is 10.2. The number of nitrogen functional groups attached to an aromatic ring is 1. The number of aromatic nitrogens is 3. The molecule has 1 unspecified atom stereocenters. The van der Waals surface area contributed by atoms with E-state index in [9.17, 15) is 0 Å². The van der Waals surface area contributed by atoms with Gasteiger partial charge in [0.2, 0.25) is 0 Å². The van der Waals surface area contributed by atoms with Gasteiger partial charge in [0, 0.05) is 23.3 Å². The van der Waals surface area contributed by atoms with Gasteiger partial charge in [0.15, 0.2) is 0 Å². The highest BCUT2D eigenvalue weighted by Crippen LogP contribution is 2.29. The second kappa shape index (κ2) is 4.68. The number of rotatable bonds is 3. The maximum Gasteiger partial charge on any atom is 0.124 e. The molecule has 0 aliphatic heterocycles. The van der Waals surface area contributed by atoms with Crippen LogP contribution in [0.25, 0.3) is 10.8 Å². The molecular formula is C13H14N6. The van der Waals surface area contributed by atoms with E-state index in [0.29, 0.717) is 5.82 Å². The summed E-state index contributed by atoms with van der Waals surface area (Å²) in [7, 11) is 0. The number of hydrogen-bond donors (Lipinski definition) is 4. The molecule has 3 rings (SSSR count). The molecule has 6 N–H and O–H groups in total. The predicted octanol–water partition coefficient (Wildman–Crippen LogP) is 1.09. The third-order valence-electron chi connectivity index (χ3n) is 3.21. The first kappa shape index (κ1) is 11.6. The normalized spacial score (nSPS) is 12.7. The van der Waals surface area contributed by atoms with E-state index in [0.717, 1.165) is 21.9 Å². The molecule has 0 aliphatic rings. The van der Waals surface area contributed by atoms with E-state index in [1.165, 1.54) is 0 Å². The van der Waals surface area contributed by atoms with Gasteiger partial charge in [0.25, 0.3) is 0 Å². The second-order valence-corrected chi connectivity index (χ2v) is 4.28. The third-order valence-corrected chi connectivity index (χ3v) is 3.21. The van der Waals surface area contributed by atoms with Crippen LogP contribution >= 0.6 is 0 Å². The van der Waals surface area contributed by atoms with Gasteiger partial charge in [-0.25, -0.2) is 5.43 Å². The molecule has 2 aromatic heterocycles. The molecule has 0 spiro atoms. The highest BCUT2D eigenvalue weighted by molar-refractivity contribution is 5.85. The minimum atomic E-state index is -0.230. The smallest absolute Gasteiger partial charge is 0.124 e. The Kier molecular flexibility index (Phi) is 2.86. The molecule has 0 saturated carbocycles. The average molecular weight is 254 g/mol. The van der Waals surface area contributed by atoms with Crippen molar-refractivity contribution in [2.24, 2.45) is 5.84 Å². The third kappa shape index (κ3) is 1.92. The second-order valence-electron chi connectivity index (χ2n) is 4.28. The largest absolute Gasteiger partial charge is 0.384 e. The summed E-state index contributed by atoms with van der Waals surface area (Å²) < 4.78 is 0. The fourth-order valence-corrected chi connectivity index (χ4v) is 2.27. The highest BCUT2D eigenvalue weighted by atomic mass is 15.2. The van der Waals surface area contributed by atoms with E-state index < -0.39 is 0 Å². The lowest BCUT2D eigenvalue weighted by Crippen LogP contribution is -2.29. The van der Waals surface area contributed by atoms with E-state index in [1.54, 1.807) is 12.4 Å². The highest BCUT2D eigenvalue weighted by Gasteiger charge is 2.18. The Labute approximate surface area is 109 Å². The van der Waals surface area contributed by atoms with Gasteiger partial charge in [-0.05, 0) is 17.0 Å². The van der Waals surface area contributed by atoms with Gasteiger partial charge in [-0.3, -0.25) is 15.9 Å². The topological polar surface area (TPSA) is 106 Å². The van der Waals surface area contributed by atoms with Gasteiger partial charge in [-0.1, -0.05) is 18.2 Å². The van der Waals surface area contributed by atoms with Crippen molar-refractivity contribution in [2.75, 3.05) is 5.73 Å². The predicted molar refractivity (Wildman–Crippen MR) is 73.9 cm³/mol. The molecule has 0 amide bonds. The first-order valence-corrected chi connectivity index (χ1v) is 5.88. The van der Waals surface area contributed by atoms with Crippen molar-refractivity contribution in [3.05, 3.63) is 54.0 Å². The Morgan fingerprint density at radius 3 is 2.79 bits per heavy atom. The van der Waals surface area contributed by atoms with Crippen molar-refractivity contribution in [1.29, 1.82) is 0 Å². The number of nitrogens with one attached hydrogen (secondary N) is 2. The van der Waals surface area contributed by atoms with Crippen molar-refractivity contribution in [3.63, 3.8) is 0 Å². The number of hydrogen-bond acceptors (Lipinski definition) is 5. The zero-order valence-electron chi connectivity index (χ0n) is 10.2. The van der Waals surface area contributed by atoms with E-state index in [2.05, 4.69) is 20.6 Å². The fraction of sp³-hybridized carbons (Fsp3) is 0.0769. The molecule has 6 nitrogen and oxygen atoms in total. The molecule has 0 aliphatic carbocycles. The average Bonchev–Trinajstić information content (AvgIpc) is 2.86. The summed E-state index contributed by atoms with van der Waals surface area (Å²) in [6.07, 6.45) is 5.27. The van der Waals surface area contributed by atoms with E-state index in [4.69, 9.17) is 11.6 Å². The minimum Gasteiger partial charge on any atom is -0.384 e. The molecule has 1 atom stereocenters. The number of nitrogens with zero attached hydrogens (tertiary/aromatic N) is 2. The monoisotopic (exact) mass is 254 g/mol. The van der Waals surface area contributed by atoms with Gasteiger partial charge < -0.3 is 5.73 Å². The Morgan fingerprint density at radius 2 is 2.05 bits per heavy atom. The molecule has 2 heterocycles. The molecule has 0 bridgehead atoms. The van der Waals surface area contributed by atoms with Crippen LogP contribution in [0.15, 0.2) is 42.9 Å². The summed E-state index contributed by atoms with van der Waals surface area (Å²) in [6.45, 7) is 0. The summed E-state index contributed by atoms with van der Waals surface area (Å²) in [5.74, 6) is 6.19. The van der Waals surface area contributed by atoms with Crippen LogP contribution in [0.5, 0.6) is 0 Å². The van der Waals surface area contributed by atoms with Crippen LogP contribution in [0.2, 0.25) is 0 Å². The number of nitrogens with two attached hydrogens (primary N) is 2. The van der Waals surface area contributed by atoms with Crippen molar-refractivity contribution in [1.82, 2.24) is 20.6 Å².